The predicted molar refractivity (Wildman–Crippen MR) is 98.0 cm³/mol. The first-order chi connectivity index (χ1) is 10.6. The molecule has 2 unspecified atom stereocenters. The van der Waals surface area contributed by atoms with Crippen molar-refractivity contribution in [2.24, 2.45) is 11.7 Å². The highest BCUT2D eigenvalue weighted by Gasteiger charge is 2.32. The number of likely N-dealkylation sites (tertiary alicyclic amines) is 1. The maximum Gasteiger partial charge on any atom is 0.237 e. The van der Waals surface area contributed by atoms with Crippen LogP contribution in [0.2, 0.25) is 0 Å². The van der Waals surface area contributed by atoms with Crippen LogP contribution in [0.4, 0.5) is 4.39 Å². The number of nitrogens with one attached hydrogen (secondary N) is 1. The molecule has 1 aromatic rings. The van der Waals surface area contributed by atoms with E-state index in [9.17, 15) is 9.18 Å². The van der Waals surface area contributed by atoms with E-state index in [-0.39, 0.29) is 48.6 Å². The van der Waals surface area contributed by atoms with Crippen LogP contribution in [-0.2, 0) is 11.3 Å². The molecule has 3 N–H and O–H groups in total. The van der Waals surface area contributed by atoms with E-state index in [1.165, 1.54) is 25.0 Å². The third-order valence-electron chi connectivity index (χ3n) is 4.70. The normalized spacial score (nSPS) is 21.5. The fraction of sp³-hybridized carbons (Fsp3) is 0.588. The Labute approximate surface area is 155 Å². The molecule has 1 aliphatic carbocycles. The zero-order chi connectivity index (χ0) is 15.5. The van der Waals surface area contributed by atoms with Crippen molar-refractivity contribution in [2.75, 3.05) is 13.1 Å². The van der Waals surface area contributed by atoms with Crippen LogP contribution < -0.4 is 11.1 Å². The van der Waals surface area contributed by atoms with Crippen molar-refractivity contribution in [3.63, 3.8) is 0 Å². The van der Waals surface area contributed by atoms with Crippen LogP contribution >= 0.6 is 24.8 Å². The zero-order valence-corrected chi connectivity index (χ0v) is 15.3. The highest BCUT2D eigenvalue weighted by atomic mass is 35.5. The van der Waals surface area contributed by atoms with Gasteiger partial charge >= 0.3 is 0 Å². The number of hydrogen-bond donors (Lipinski definition) is 2. The summed E-state index contributed by atoms with van der Waals surface area (Å²) >= 11 is 0. The largest absolute Gasteiger partial charge is 0.353 e. The molecule has 136 valence electrons. The van der Waals surface area contributed by atoms with E-state index >= 15 is 0 Å². The van der Waals surface area contributed by atoms with Crippen LogP contribution in [0.25, 0.3) is 0 Å². The molecule has 1 amide bonds. The molecule has 0 bridgehead atoms. The molecular formula is C17H26Cl2FN3O. The van der Waals surface area contributed by atoms with Crippen molar-refractivity contribution in [3.05, 3.63) is 35.6 Å². The Morgan fingerprint density at radius 3 is 2.54 bits per heavy atom. The topological polar surface area (TPSA) is 58.4 Å². The monoisotopic (exact) mass is 377 g/mol. The summed E-state index contributed by atoms with van der Waals surface area (Å²) in [5.74, 6) is 0.448. The highest BCUT2D eigenvalue weighted by molar-refractivity contribution is 5.85. The lowest BCUT2D eigenvalue weighted by Crippen LogP contribution is -2.47. The molecule has 0 radical (unpaired) electrons. The fourth-order valence-electron chi connectivity index (χ4n) is 3.16. The molecule has 3 rings (SSSR count). The number of rotatable bonds is 6. The summed E-state index contributed by atoms with van der Waals surface area (Å²) < 4.78 is 13.0. The summed E-state index contributed by atoms with van der Waals surface area (Å²) in [5, 5.41) is 3.00. The van der Waals surface area contributed by atoms with Crippen LogP contribution in [0.15, 0.2) is 24.3 Å². The summed E-state index contributed by atoms with van der Waals surface area (Å²) in [6.07, 6.45) is 4.29. The van der Waals surface area contributed by atoms with Gasteiger partial charge in [-0.25, -0.2) is 4.39 Å². The lowest BCUT2D eigenvalue weighted by molar-refractivity contribution is -0.125. The molecule has 4 nitrogen and oxygen atoms in total. The van der Waals surface area contributed by atoms with Gasteiger partial charge in [-0.3, -0.25) is 9.69 Å². The first-order valence-corrected chi connectivity index (χ1v) is 8.15. The second kappa shape index (κ2) is 9.56. The number of nitrogens with two attached hydrogens (primary N) is 1. The molecule has 2 fully saturated rings. The molecule has 0 spiro atoms. The zero-order valence-electron chi connectivity index (χ0n) is 13.6. The first kappa shape index (κ1) is 21.2. The molecule has 1 aromatic carbocycles. The van der Waals surface area contributed by atoms with Gasteiger partial charge in [0, 0.05) is 19.1 Å². The minimum atomic E-state index is -0.228. The third-order valence-corrected chi connectivity index (χ3v) is 4.70. The van der Waals surface area contributed by atoms with Gasteiger partial charge in [0.05, 0.1) is 6.04 Å². The van der Waals surface area contributed by atoms with Crippen LogP contribution in [0.5, 0.6) is 0 Å². The SMILES string of the molecule is Cl.Cl.NC(CNC(=O)C1CCCN1Cc1ccc(F)cc1)C1CC1. The highest BCUT2D eigenvalue weighted by Crippen LogP contribution is 2.31. The van der Waals surface area contributed by atoms with Crippen molar-refractivity contribution >= 4 is 30.7 Å². The molecular weight excluding hydrogens is 352 g/mol. The van der Waals surface area contributed by atoms with Crippen molar-refractivity contribution in [3.8, 4) is 0 Å². The van der Waals surface area contributed by atoms with Gasteiger partial charge in [0.25, 0.3) is 0 Å². The van der Waals surface area contributed by atoms with Gasteiger partial charge in [0.1, 0.15) is 5.82 Å². The van der Waals surface area contributed by atoms with Crippen LogP contribution in [0, 0.1) is 11.7 Å². The van der Waals surface area contributed by atoms with E-state index in [1.807, 2.05) is 0 Å². The lowest BCUT2D eigenvalue weighted by atomic mass is 10.1. The maximum atomic E-state index is 13.0. The molecule has 7 heteroatoms. The molecule has 24 heavy (non-hydrogen) atoms. The molecule has 1 saturated heterocycles. The summed E-state index contributed by atoms with van der Waals surface area (Å²) in [4.78, 5) is 14.6. The number of carbonyl (C=O) groups excluding carboxylic acids is 1. The summed E-state index contributed by atoms with van der Waals surface area (Å²) in [5.41, 5.74) is 7.07. The van der Waals surface area contributed by atoms with Crippen molar-refractivity contribution in [2.45, 2.75) is 44.3 Å². The number of benzene rings is 1. The molecule has 1 saturated carbocycles. The third kappa shape index (κ3) is 5.59. The lowest BCUT2D eigenvalue weighted by Gasteiger charge is -2.24. The predicted octanol–water partition coefficient (Wildman–Crippen LogP) is 2.49. The van der Waals surface area contributed by atoms with Crippen LogP contribution in [0.1, 0.15) is 31.2 Å². The fourth-order valence-corrected chi connectivity index (χ4v) is 3.16. The smallest absolute Gasteiger partial charge is 0.237 e. The molecule has 2 aliphatic rings. The molecule has 1 aliphatic heterocycles. The van der Waals surface area contributed by atoms with Gasteiger partial charge in [-0.2, -0.15) is 0 Å². The summed E-state index contributed by atoms with van der Waals surface area (Å²) in [6, 6.07) is 6.51. The van der Waals surface area contributed by atoms with Gasteiger partial charge in [0.2, 0.25) is 5.91 Å². The minimum absolute atomic E-state index is 0. The second-order valence-corrected chi connectivity index (χ2v) is 6.50. The number of amides is 1. The van der Waals surface area contributed by atoms with Crippen molar-refractivity contribution in [1.29, 1.82) is 0 Å². The number of halogens is 3. The Morgan fingerprint density at radius 1 is 1.25 bits per heavy atom. The Hall–Kier alpha value is -0.880. The molecule has 0 aromatic heterocycles. The van der Waals surface area contributed by atoms with E-state index in [1.54, 1.807) is 12.1 Å². The Morgan fingerprint density at radius 2 is 1.92 bits per heavy atom. The van der Waals surface area contributed by atoms with Crippen LogP contribution in [0.3, 0.4) is 0 Å². The van der Waals surface area contributed by atoms with E-state index < -0.39 is 0 Å². The average molecular weight is 378 g/mol. The minimum Gasteiger partial charge on any atom is -0.353 e. The van der Waals surface area contributed by atoms with Crippen molar-refractivity contribution in [1.82, 2.24) is 10.2 Å². The quantitative estimate of drug-likeness (QED) is 0.800. The van der Waals surface area contributed by atoms with Crippen LogP contribution in [-0.4, -0.2) is 36.0 Å². The maximum absolute atomic E-state index is 13.0. The number of carbonyl (C=O) groups is 1. The van der Waals surface area contributed by atoms with Gasteiger partial charge in [-0.05, 0) is 55.8 Å². The molecule has 1 heterocycles. The summed E-state index contributed by atoms with van der Waals surface area (Å²) in [6.45, 7) is 2.17. The average Bonchev–Trinajstić information content (AvgIpc) is 3.27. The van der Waals surface area contributed by atoms with Gasteiger partial charge in [-0.15, -0.1) is 24.8 Å². The summed E-state index contributed by atoms with van der Waals surface area (Å²) in [7, 11) is 0. The Bertz CT molecular complexity index is 525. The number of nitrogens with zero attached hydrogens (tertiary/aromatic N) is 1. The van der Waals surface area contributed by atoms with E-state index in [4.69, 9.17) is 5.73 Å². The second-order valence-electron chi connectivity index (χ2n) is 6.50. The van der Waals surface area contributed by atoms with Crippen molar-refractivity contribution < 1.29 is 9.18 Å². The van der Waals surface area contributed by atoms with Gasteiger partial charge in [0.15, 0.2) is 0 Å². The Kier molecular flexibility index (Phi) is 8.43. The van der Waals surface area contributed by atoms with E-state index in [0.29, 0.717) is 19.0 Å². The Balaban J connectivity index is 0.00000144. The number of hydrogen-bond acceptors (Lipinski definition) is 3. The first-order valence-electron chi connectivity index (χ1n) is 8.15. The van der Waals surface area contributed by atoms with Gasteiger partial charge in [-0.1, -0.05) is 12.1 Å². The van der Waals surface area contributed by atoms with Gasteiger partial charge < -0.3 is 11.1 Å². The van der Waals surface area contributed by atoms with E-state index in [0.717, 1.165) is 24.9 Å². The standard InChI is InChI=1S/C17H24FN3O.2ClH/c18-14-7-3-12(4-8-14)11-21-9-1-2-16(21)17(22)20-10-15(19)13-5-6-13;;/h3-4,7-8,13,15-16H,1-2,5-6,9-11,19H2,(H,20,22);2*1H. The van der Waals surface area contributed by atoms with E-state index in [2.05, 4.69) is 10.2 Å². The molecule has 2 atom stereocenters.